The summed E-state index contributed by atoms with van der Waals surface area (Å²) in [5, 5.41) is 0.182. The lowest BCUT2D eigenvalue weighted by atomic mass is 10.2. The molecule has 0 aliphatic rings. The van der Waals surface area contributed by atoms with Gasteiger partial charge in [0.25, 0.3) is 0 Å². The number of esters is 1. The molecular formula is C9H10F2N2O2S. The monoisotopic (exact) mass is 248 g/mol. The lowest BCUT2D eigenvalue weighted by molar-refractivity contribution is -0.173. The Hall–Kier alpha value is -1.24. The van der Waals surface area contributed by atoms with Crippen LogP contribution in [-0.2, 0) is 15.5 Å². The average Bonchev–Trinajstić information content (AvgIpc) is 2.29. The second-order valence-corrected chi connectivity index (χ2v) is 3.50. The predicted molar refractivity (Wildman–Crippen MR) is 54.3 cm³/mol. The first kappa shape index (κ1) is 12.8. The molecule has 1 heterocycles. The Bertz CT molecular complexity index is 388. The van der Waals surface area contributed by atoms with Gasteiger partial charge in [-0.25, -0.2) is 14.8 Å². The summed E-state index contributed by atoms with van der Waals surface area (Å²) in [6, 6.07) is 0.997. The van der Waals surface area contributed by atoms with Crippen molar-refractivity contribution in [2.24, 2.45) is 0 Å². The molecule has 7 heteroatoms. The number of ether oxygens (including phenoxy) is 1. The molecule has 0 aliphatic heterocycles. The van der Waals surface area contributed by atoms with Crippen molar-refractivity contribution in [3.05, 3.63) is 18.0 Å². The van der Waals surface area contributed by atoms with Crippen molar-refractivity contribution in [2.45, 2.75) is 18.0 Å². The first-order chi connectivity index (χ1) is 7.52. The van der Waals surface area contributed by atoms with Crippen LogP contribution in [-0.4, -0.2) is 28.8 Å². The number of hydrogen-bond acceptors (Lipinski definition) is 5. The van der Waals surface area contributed by atoms with Gasteiger partial charge in [0.2, 0.25) is 0 Å². The molecule has 0 amide bonds. The smallest absolute Gasteiger partial charge is 0.384 e. The Labute approximate surface area is 95.4 Å². The minimum Gasteiger partial charge on any atom is -0.461 e. The van der Waals surface area contributed by atoms with Crippen molar-refractivity contribution in [2.75, 3.05) is 12.9 Å². The van der Waals surface area contributed by atoms with Crippen LogP contribution in [0.5, 0.6) is 0 Å². The maximum absolute atomic E-state index is 13.5. The first-order valence-electron chi connectivity index (χ1n) is 4.45. The van der Waals surface area contributed by atoms with Crippen LogP contribution in [0.3, 0.4) is 0 Å². The molecule has 0 aliphatic carbocycles. The molecule has 0 saturated heterocycles. The van der Waals surface area contributed by atoms with Crippen molar-refractivity contribution in [3.63, 3.8) is 0 Å². The molecule has 16 heavy (non-hydrogen) atoms. The summed E-state index contributed by atoms with van der Waals surface area (Å²) in [6.45, 7) is 1.36. The van der Waals surface area contributed by atoms with Crippen LogP contribution in [0.2, 0.25) is 0 Å². The van der Waals surface area contributed by atoms with E-state index in [-0.39, 0.29) is 11.8 Å². The van der Waals surface area contributed by atoms with Gasteiger partial charge >= 0.3 is 11.9 Å². The van der Waals surface area contributed by atoms with E-state index < -0.39 is 17.6 Å². The van der Waals surface area contributed by atoms with Gasteiger partial charge < -0.3 is 4.74 Å². The van der Waals surface area contributed by atoms with Gasteiger partial charge in [-0.3, -0.25) is 0 Å². The second-order valence-electron chi connectivity index (χ2n) is 2.72. The fourth-order valence-electron chi connectivity index (χ4n) is 0.940. The van der Waals surface area contributed by atoms with Crippen molar-refractivity contribution in [3.8, 4) is 0 Å². The Balaban J connectivity index is 3.01. The SMILES string of the molecule is CCOC(=O)C(F)(F)c1ccnc(SC)n1. The highest BCUT2D eigenvalue weighted by atomic mass is 32.2. The van der Waals surface area contributed by atoms with E-state index in [1.807, 2.05) is 0 Å². The van der Waals surface area contributed by atoms with Gasteiger partial charge in [-0.2, -0.15) is 8.78 Å². The fourth-order valence-corrected chi connectivity index (χ4v) is 1.30. The number of nitrogens with zero attached hydrogens (tertiary/aromatic N) is 2. The topological polar surface area (TPSA) is 52.1 Å². The van der Waals surface area contributed by atoms with Crippen LogP contribution < -0.4 is 0 Å². The zero-order valence-corrected chi connectivity index (χ0v) is 9.55. The lowest BCUT2D eigenvalue weighted by Gasteiger charge is -2.13. The predicted octanol–water partition coefficient (Wildman–Crippen LogP) is 1.85. The molecule has 1 aromatic heterocycles. The van der Waals surface area contributed by atoms with Crippen LogP contribution in [0, 0.1) is 0 Å². The third-order valence-corrected chi connectivity index (χ3v) is 2.23. The van der Waals surface area contributed by atoms with Crippen LogP contribution in [0.25, 0.3) is 0 Å². The van der Waals surface area contributed by atoms with Crippen LogP contribution in [0.1, 0.15) is 12.6 Å². The quantitative estimate of drug-likeness (QED) is 0.462. The molecule has 0 atom stereocenters. The molecule has 0 N–H and O–H groups in total. The number of carbonyl (C=O) groups is 1. The van der Waals surface area contributed by atoms with Gasteiger partial charge in [-0.05, 0) is 19.2 Å². The first-order valence-corrected chi connectivity index (χ1v) is 5.67. The molecule has 0 spiro atoms. The Kier molecular flexibility index (Phi) is 4.17. The van der Waals surface area contributed by atoms with E-state index in [1.54, 1.807) is 6.26 Å². The molecule has 0 unspecified atom stereocenters. The number of aromatic nitrogens is 2. The summed E-state index contributed by atoms with van der Waals surface area (Å²) in [4.78, 5) is 18.3. The van der Waals surface area contributed by atoms with Gasteiger partial charge in [0.15, 0.2) is 5.16 Å². The van der Waals surface area contributed by atoms with E-state index in [2.05, 4.69) is 14.7 Å². The van der Waals surface area contributed by atoms with E-state index in [0.717, 1.165) is 17.8 Å². The molecule has 0 fully saturated rings. The highest BCUT2D eigenvalue weighted by Crippen LogP contribution is 2.28. The lowest BCUT2D eigenvalue weighted by Crippen LogP contribution is -2.29. The Morgan fingerprint density at radius 3 is 2.88 bits per heavy atom. The molecule has 1 aromatic rings. The Morgan fingerprint density at radius 2 is 2.31 bits per heavy atom. The molecular weight excluding hydrogens is 238 g/mol. The van der Waals surface area contributed by atoms with E-state index >= 15 is 0 Å². The summed E-state index contributed by atoms with van der Waals surface area (Å²) in [5.41, 5.74) is -0.648. The number of alkyl halides is 2. The summed E-state index contributed by atoms with van der Waals surface area (Å²) < 4.78 is 31.2. The van der Waals surface area contributed by atoms with Gasteiger partial charge in [-0.1, -0.05) is 11.8 Å². The molecule has 1 rings (SSSR count). The summed E-state index contributed by atoms with van der Waals surface area (Å²) in [6.07, 6.45) is 2.84. The van der Waals surface area contributed by atoms with Gasteiger partial charge in [0.05, 0.1) is 6.61 Å². The molecule has 4 nitrogen and oxygen atoms in total. The average molecular weight is 248 g/mol. The summed E-state index contributed by atoms with van der Waals surface area (Å²) >= 11 is 1.12. The van der Waals surface area contributed by atoms with Gasteiger partial charge in [0, 0.05) is 6.20 Å². The second kappa shape index (κ2) is 5.20. The zero-order valence-electron chi connectivity index (χ0n) is 8.74. The normalized spacial score (nSPS) is 11.2. The Morgan fingerprint density at radius 1 is 1.62 bits per heavy atom. The van der Waals surface area contributed by atoms with E-state index in [1.165, 1.54) is 13.1 Å². The molecule has 0 saturated carbocycles. The van der Waals surface area contributed by atoms with Gasteiger partial charge in [-0.15, -0.1) is 0 Å². The van der Waals surface area contributed by atoms with Crippen molar-refractivity contribution in [1.82, 2.24) is 9.97 Å². The number of carbonyl (C=O) groups excluding carboxylic acids is 1. The maximum Gasteiger partial charge on any atom is 0.384 e. The minimum absolute atomic E-state index is 0.102. The van der Waals surface area contributed by atoms with Gasteiger partial charge in [0.1, 0.15) is 5.69 Å². The highest BCUT2D eigenvalue weighted by molar-refractivity contribution is 7.98. The number of halogens is 2. The zero-order chi connectivity index (χ0) is 12.2. The number of rotatable bonds is 4. The molecule has 88 valence electrons. The van der Waals surface area contributed by atoms with Crippen LogP contribution >= 0.6 is 11.8 Å². The largest absolute Gasteiger partial charge is 0.461 e. The highest BCUT2D eigenvalue weighted by Gasteiger charge is 2.44. The standard InChI is InChI=1S/C9H10F2N2O2S/c1-3-15-7(14)9(10,11)6-4-5-12-8(13-6)16-2/h4-5H,3H2,1-2H3. The fraction of sp³-hybridized carbons (Fsp3) is 0.444. The number of hydrogen-bond donors (Lipinski definition) is 0. The summed E-state index contributed by atoms with van der Waals surface area (Å²) in [5.74, 6) is -5.33. The molecule has 0 radical (unpaired) electrons. The van der Waals surface area contributed by atoms with Crippen molar-refractivity contribution < 1.29 is 18.3 Å². The third-order valence-electron chi connectivity index (χ3n) is 1.67. The van der Waals surface area contributed by atoms with Crippen LogP contribution in [0.4, 0.5) is 8.78 Å². The third kappa shape index (κ3) is 2.66. The minimum atomic E-state index is -3.73. The van der Waals surface area contributed by atoms with E-state index in [0.29, 0.717) is 0 Å². The van der Waals surface area contributed by atoms with E-state index in [9.17, 15) is 13.6 Å². The number of thioether (sulfide) groups is 1. The summed E-state index contributed by atoms with van der Waals surface area (Å²) in [7, 11) is 0. The van der Waals surface area contributed by atoms with Crippen LogP contribution in [0.15, 0.2) is 17.4 Å². The van der Waals surface area contributed by atoms with E-state index in [4.69, 9.17) is 0 Å². The molecule has 0 aromatic carbocycles. The van der Waals surface area contributed by atoms with Crippen molar-refractivity contribution in [1.29, 1.82) is 0 Å². The maximum atomic E-state index is 13.5. The van der Waals surface area contributed by atoms with Crippen molar-refractivity contribution >= 4 is 17.7 Å². The molecule has 0 bridgehead atoms.